The minimum absolute atomic E-state index is 0.0703. The van der Waals surface area contributed by atoms with Crippen LogP contribution in [0.25, 0.3) is 0 Å². The van der Waals surface area contributed by atoms with Crippen molar-refractivity contribution in [2.24, 2.45) is 0 Å². The lowest BCUT2D eigenvalue weighted by Gasteiger charge is -2.17. The maximum absolute atomic E-state index is 12.3. The van der Waals surface area contributed by atoms with Gasteiger partial charge in [0.2, 0.25) is 5.91 Å². The van der Waals surface area contributed by atoms with Gasteiger partial charge in [-0.1, -0.05) is 26.0 Å². The Bertz CT molecular complexity index is 460. The first-order chi connectivity index (χ1) is 9.85. The number of para-hydroxylation sites is 2. The molecule has 0 heterocycles. The highest BCUT2D eigenvalue weighted by Crippen LogP contribution is 2.29. The van der Waals surface area contributed by atoms with Gasteiger partial charge in [-0.15, -0.1) is 13.2 Å². The van der Waals surface area contributed by atoms with Crippen molar-refractivity contribution >= 4 is 11.6 Å². The van der Waals surface area contributed by atoms with Crippen molar-refractivity contribution in [2.45, 2.75) is 39.1 Å². The van der Waals surface area contributed by atoms with Crippen molar-refractivity contribution < 1.29 is 22.7 Å². The van der Waals surface area contributed by atoms with Crippen molar-refractivity contribution in [1.82, 2.24) is 5.32 Å². The van der Waals surface area contributed by atoms with Crippen LogP contribution in [0.3, 0.4) is 0 Å². The molecule has 0 unspecified atom stereocenters. The van der Waals surface area contributed by atoms with Gasteiger partial charge in [-0.3, -0.25) is 4.79 Å². The first kappa shape index (κ1) is 17.1. The van der Waals surface area contributed by atoms with E-state index < -0.39 is 6.36 Å². The lowest BCUT2D eigenvalue weighted by Crippen LogP contribution is -2.37. The van der Waals surface area contributed by atoms with Crippen LogP contribution in [0.5, 0.6) is 5.75 Å². The number of alkyl halides is 3. The monoisotopic (exact) mass is 304 g/mol. The second-order valence-corrected chi connectivity index (χ2v) is 4.48. The standard InChI is InChI=1S/C14H19F3N2O2/c1-3-10(4-2)19-13(20)9-18-11-7-5-6-8-12(11)21-14(15,16)17/h5-8,10,18H,3-4,9H2,1-2H3,(H,19,20). The third-order valence-corrected chi connectivity index (χ3v) is 2.90. The van der Waals surface area contributed by atoms with Crippen LogP contribution < -0.4 is 15.4 Å². The summed E-state index contributed by atoms with van der Waals surface area (Å²) < 4.78 is 40.7. The Morgan fingerprint density at radius 3 is 2.43 bits per heavy atom. The molecule has 0 saturated carbocycles. The number of hydrogen-bond acceptors (Lipinski definition) is 3. The molecule has 7 heteroatoms. The van der Waals surface area contributed by atoms with E-state index in [1.807, 2.05) is 13.8 Å². The molecule has 0 spiro atoms. The number of benzene rings is 1. The molecule has 0 aliphatic rings. The van der Waals surface area contributed by atoms with E-state index >= 15 is 0 Å². The van der Waals surface area contributed by atoms with E-state index in [1.54, 1.807) is 6.07 Å². The number of ether oxygens (including phenoxy) is 1. The molecule has 0 aromatic heterocycles. The molecule has 118 valence electrons. The number of halogens is 3. The third kappa shape index (κ3) is 6.37. The lowest BCUT2D eigenvalue weighted by atomic mass is 10.2. The zero-order valence-electron chi connectivity index (χ0n) is 12.0. The molecule has 21 heavy (non-hydrogen) atoms. The number of anilines is 1. The van der Waals surface area contributed by atoms with Crippen LogP contribution in [0.4, 0.5) is 18.9 Å². The molecule has 1 aromatic rings. The second kappa shape index (κ2) is 7.75. The van der Waals surface area contributed by atoms with Crippen molar-refractivity contribution in [2.75, 3.05) is 11.9 Å². The average molecular weight is 304 g/mol. The van der Waals surface area contributed by atoms with E-state index in [2.05, 4.69) is 15.4 Å². The number of carbonyl (C=O) groups is 1. The van der Waals surface area contributed by atoms with Crippen molar-refractivity contribution in [3.05, 3.63) is 24.3 Å². The van der Waals surface area contributed by atoms with Crippen LogP contribution in [0.1, 0.15) is 26.7 Å². The number of nitrogens with one attached hydrogen (secondary N) is 2. The molecule has 0 saturated heterocycles. The van der Waals surface area contributed by atoms with Gasteiger partial charge in [0.15, 0.2) is 5.75 Å². The van der Waals surface area contributed by atoms with Crippen LogP contribution in [-0.4, -0.2) is 24.9 Å². The molecule has 1 amide bonds. The predicted molar refractivity (Wildman–Crippen MR) is 74.1 cm³/mol. The first-order valence-electron chi connectivity index (χ1n) is 6.73. The molecular weight excluding hydrogens is 285 g/mol. The highest BCUT2D eigenvalue weighted by atomic mass is 19.4. The van der Waals surface area contributed by atoms with E-state index in [0.29, 0.717) is 0 Å². The molecule has 0 aliphatic carbocycles. The van der Waals surface area contributed by atoms with Gasteiger partial charge in [-0.05, 0) is 25.0 Å². The number of carbonyl (C=O) groups excluding carboxylic acids is 1. The summed E-state index contributed by atoms with van der Waals surface area (Å²) >= 11 is 0. The smallest absolute Gasteiger partial charge is 0.404 e. The molecular formula is C14H19F3N2O2. The summed E-state index contributed by atoms with van der Waals surface area (Å²) in [5.74, 6) is -0.633. The second-order valence-electron chi connectivity index (χ2n) is 4.48. The Hall–Kier alpha value is -1.92. The quantitative estimate of drug-likeness (QED) is 0.812. The van der Waals surface area contributed by atoms with Gasteiger partial charge in [0, 0.05) is 6.04 Å². The minimum Gasteiger partial charge on any atom is -0.404 e. The Kier molecular flexibility index (Phi) is 6.33. The summed E-state index contributed by atoms with van der Waals surface area (Å²) in [7, 11) is 0. The van der Waals surface area contributed by atoms with Crippen LogP contribution in [0.2, 0.25) is 0 Å². The SMILES string of the molecule is CCC(CC)NC(=O)CNc1ccccc1OC(F)(F)F. The Balaban J connectivity index is 2.61. The topological polar surface area (TPSA) is 50.4 Å². The lowest BCUT2D eigenvalue weighted by molar-refractivity contribution is -0.274. The van der Waals surface area contributed by atoms with E-state index in [1.165, 1.54) is 18.2 Å². The van der Waals surface area contributed by atoms with E-state index in [0.717, 1.165) is 12.8 Å². The fourth-order valence-electron chi connectivity index (χ4n) is 1.77. The van der Waals surface area contributed by atoms with Gasteiger partial charge in [-0.25, -0.2) is 0 Å². The highest BCUT2D eigenvalue weighted by molar-refractivity contribution is 5.81. The Morgan fingerprint density at radius 1 is 1.24 bits per heavy atom. The maximum Gasteiger partial charge on any atom is 0.573 e. The van der Waals surface area contributed by atoms with E-state index in [9.17, 15) is 18.0 Å². The van der Waals surface area contributed by atoms with Crippen molar-refractivity contribution in [3.8, 4) is 5.75 Å². The summed E-state index contributed by atoms with van der Waals surface area (Å²) in [5, 5.41) is 5.44. The summed E-state index contributed by atoms with van der Waals surface area (Å²) in [6, 6.07) is 5.67. The van der Waals surface area contributed by atoms with Gasteiger partial charge in [0.25, 0.3) is 0 Å². The number of hydrogen-bond donors (Lipinski definition) is 2. The third-order valence-electron chi connectivity index (χ3n) is 2.90. The van der Waals surface area contributed by atoms with Gasteiger partial charge < -0.3 is 15.4 Å². The predicted octanol–water partition coefficient (Wildman–Crippen LogP) is 3.30. The molecule has 2 N–H and O–H groups in total. The van der Waals surface area contributed by atoms with E-state index in [4.69, 9.17) is 0 Å². The normalized spacial score (nSPS) is 11.3. The fourth-order valence-corrected chi connectivity index (χ4v) is 1.77. The molecule has 0 radical (unpaired) electrons. The molecule has 1 aromatic carbocycles. The zero-order chi connectivity index (χ0) is 15.9. The zero-order valence-corrected chi connectivity index (χ0v) is 12.0. The van der Waals surface area contributed by atoms with Crippen LogP contribution >= 0.6 is 0 Å². The molecule has 1 rings (SSSR count). The summed E-state index contributed by atoms with van der Waals surface area (Å²) in [6.45, 7) is 3.79. The van der Waals surface area contributed by atoms with Crippen LogP contribution in [0, 0.1) is 0 Å². The van der Waals surface area contributed by atoms with Crippen LogP contribution in [0.15, 0.2) is 24.3 Å². The number of amides is 1. The Morgan fingerprint density at radius 2 is 1.86 bits per heavy atom. The Labute approximate surface area is 121 Å². The van der Waals surface area contributed by atoms with Gasteiger partial charge in [0.1, 0.15) is 0 Å². The van der Waals surface area contributed by atoms with Gasteiger partial charge in [-0.2, -0.15) is 0 Å². The average Bonchev–Trinajstić information content (AvgIpc) is 2.42. The highest BCUT2D eigenvalue weighted by Gasteiger charge is 2.32. The molecule has 0 fully saturated rings. The van der Waals surface area contributed by atoms with Crippen LogP contribution in [-0.2, 0) is 4.79 Å². The van der Waals surface area contributed by atoms with Crippen molar-refractivity contribution in [3.63, 3.8) is 0 Å². The fraction of sp³-hybridized carbons (Fsp3) is 0.500. The van der Waals surface area contributed by atoms with Gasteiger partial charge in [0.05, 0.1) is 12.2 Å². The summed E-state index contributed by atoms with van der Waals surface area (Å²) in [5.41, 5.74) is 0.120. The van der Waals surface area contributed by atoms with Gasteiger partial charge >= 0.3 is 6.36 Å². The maximum atomic E-state index is 12.3. The molecule has 0 bridgehead atoms. The molecule has 0 atom stereocenters. The molecule has 4 nitrogen and oxygen atoms in total. The summed E-state index contributed by atoms with van der Waals surface area (Å²) in [4.78, 5) is 11.7. The molecule has 0 aliphatic heterocycles. The van der Waals surface area contributed by atoms with E-state index in [-0.39, 0.29) is 29.9 Å². The minimum atomic E-state index is -4.77. The van der Waals surface area contributed by atoms with Crippen molar-refractivity contribution in [1.29, 1.82) is 0 Å². The first-order valence-corrected chi connectivity index (χ1v) is 6.73. The number of rotatable bonds is 7. The summed E-state index contributed by atoms with van der Waals surface area (Å²) in [6.07, 6.45) is -3.17. The largest absolute Gasteiger partial charge is 0.573 e.